The number of methoxy groups -OCH3 is 1. The summed E-state index contributed by atoms with van der Waals surface area (Å²) in [7, 11) is -2.38. The Balaban J connectivity index is 0.00000423. The molecule has 5 rings (SSSR count). The second kappa shape index (κ2) is 12.0. The first-order valence-electron chi connectivity index (χ1n) is 13.8. The van der Waals surface area contributed by atoms with E-state index in [1.165, 1.54) is 7.11 Å². The molecule has 0 saturated heterocycles. The normalized spacial score (nSPS) is 19.6. The zero-order chi connectivity index (χ0) is 30.8. The van der Waals surface area contributed by atoms with E-state index >= 15 is 0 Å². The summed E-state index contributed by atoms with van der Waals surface area (Å²) in [6.07, 6.45) is 2.62. The van der Waals surface area contributed by atoms with E-state index in [-0.39, 0.29) is 79.5 Å². The molecule has 2 heterocycles. The maximum Gasteiger partial charge on any atom is 1.00 e. The van der Waals surface area contributed by atoms with Gasteiger partial charge in [0.1, 0.15) is 23.2 Å². The second-order valence-electron chi connectivity index (χ2n) is 13.0. The maximum absolute atomic E-state index is 13.7. The van der Waals surface area contributed by atoms with Crippen molar-refractivity contribution in [2.45, 2.75) is 66.2 Å². The van der Waals surface area contributed by atoms with Gasteiger partial charge in [0.05, 0.1) is 34.4 Å². The number of allylic oxidation sites excluding steroid dienone is 4. The van der Waals surface area contributed by atoms with Crippen molar-refractivity contribution in [3.05, 3.63) is 74.5 Å². The fourth-order valence-corrected chi connectivity index (χ4v) is 6.59. The maximum atomic E-state index is 13.7. The minimum absolute atomic E-state index is 0. The van der Waals surface area contributed by atoms with Gasteiger partial charge in [-0.2, -0.15) is 0 Å². The van der Waals surface area contributed by atoms with Crippen LogP contribution in [0.5, 0.6) is 5.75 Å². The van der Waals surface area contributed by atoms with Gasteiger partial charge in [-0.3, -0.25) is 9.59 Å². The standard InChI is InChI=1S/C32H36N2O7S.K/c1-17-8-10-20(33-29(17)30(37)34-42(7,38)39)18-9-11-23(40-6)19(12-18)26-27-21(35)13-31(2,3)15-24(27)41-25-16-32(4,5)14-22(36)28(25)26;/h8-12,26H,13-16H2,1-7H3,(H,34,37);/q;+1/p-1. The summed E-state index contributed by atoms with van der Waals surface area (Å²) in [4.78, 5) is 44.6. The fraction of sp³-hybridized carbons (Fsp3) is 0.438. The number of Topliss-reactive ketones (excluding diaryl/α,β-unsaturated/α-hetero) is 2. The van der Waals surface area contributed by atoms with Crippen LogP contribution in [0.25, 0.3) is 16.0 Å². The molecule has 0 spiro atoms. The number of ether oxygens (including phenoxy) is 2. The number of hydrogen-bond donors (Lipinski definition) is 0. The summed E-state index contributed by atoms with van der Waals surface area (Å²) < 4.78 is 38.7. The summed E-state index contributed by atoms with van der Waals surface area (Å²) in [5.74, 6) is -0.0696. The number of hydrogen-bond acceptors (Lipinski definition) is 8. The fourth-order valence-electron chi connectivity index (χ4n) is 6.20. The van der Waals surface area contributed by atoms with Crippen LogP contribution in [-0.4, -0.2) is 44.2 Å². The van der Waals surface area contributed by atoms with Crippen molar-refractivity contribution in [3.8, 4) is 17.0 Å². The smallest absolute Gasteiger partial charge is 0.541 e. The largest absolute Gasteiger partial charge is 1.00 e. The molecule has 1 aromatic carbocycles. The number of carbonyl (C=O) groups is 3. The quantitative estimate of drug-likeness (QED) is 0.461. The number of carbonyl (C=O) groups excluding carboxylic acids is 3. The molecule has 0 saturated carbocycles. The Bertz CT molecular complexity index is 1670. The number of pyridine rings is 1. The molecule has 2 aromatic rings. The third-order valence-corrected chi connectivity index (χ3v) is 8.46. The SMILES string of the molecule is COc1ccc(-c2ccc(C)c(C(=O)[N-]S(C)(=O)=O)n2)cc1C1C2=C(CC(C)(C)CC2=O)OC2=C1C(=O)CC(C)(C)C2.[K+]. The van der Waals surface area contributed by atoms with Crippen LogP contribution in [0.4, 0.5) is 0 Å². The number of aryl methyl sites for hydroxylation is 1. The number of sulfonamides is 1. The minimum atomic E-state index is -3.91. The van der Waals surface area contributed by atoms with Crippen molar-refractivity contribution in [1.29, 1.82) is 0 Å². The van der Waals surface area contributed by atoms with E-state index in [1.54, 1.807) is 31.2 Å². The van der Waals surface area contributed by atoms with E-state index in [1.807, 2.05) is 33.8 Å². The first-order valence-corrected chi connectivity index (χ1v) is 15.7. The first kappa shape index (κ1) is 33.7. The Morgan fingerprint density at radius 1 is 0.953 bits per heavy atom. The molecule has 1 aliphatic heterocycles. The molecule has 11 heteroatoms. The number of ketones is 2. The van der Waals surface area contributed by atoms with E-state index in [2.05, 4.69) is 9.71 Å². The molecule has 222 valence electrons. The molecule has 3 aliphatic rings. The molecular weight excluding hydrogens is 596 g/mol. The van der Waals surface area contributed by atoms with Gasteiger partial charge >= 0.3 is 51.4 Å². The van der Waals surface area contributed by atoms with E-state index in [9.17, 15) is 22.8 Å². The van der Waals surface area contributed by atoms with Crippen LogP contribution < -0.4 is 56.1 Å². The van der Waals surface area contributed by atoms with E-state index in [0.717, 1.165) is 6.26 Å². The van der Waals surface area contributed by atoms with Gasteiger partial charge in [-0.25, -0.2) is 13.4 Å². The van der Waals surface area contributed by atoms with Gasteiger partial charge in [0, 0.05) is 54.2 Å². The molecule has 0 radical (unpaired) electrons. The van der Waals surface area contributed by atoms with E-state index < -0.39 is 21.8 Å². The van der Waals surface area contributed by atoms with Gasteiger partial charge in [-0.05, 0) is 47.6 Å². The van der Waals surface area contributed by atoms with Crippen molar-refractivity contribution in [2.24, 2.45) is 10.8 Å². The Labute approximate surface area is 295 Å². The molecule has 1 aromatic heterocycles. The molecule has 0 N–H and O–H groups in total. The van der Waals surface area contributed by atoms with E-state index in [0.29, 0.717) is 76.5 Å². The third-order valence-electron chi connectivity index (χ3n) is 7.97. The Kier molecular flexibility index (Phi) is 9.40. The molecule has 1 amide bonds. The average Bonchev–Trinajstić information content (AvgIpc) is 2.84. The van der Waals surface area contributed by atoms with Gasteiger partial charge in [-0.15, -0.1) is 0 Å². The van der Waals surface area contributed by atoms with Gasteiger partial charge < -0.3 is 19.0 Å². The van der Waals surface area contributed by atoms with Crippen LogP contribution in [0.1, 0.15) is 80.9 Å². The van der Waals surface area contributed by atoms with Crippen molar-refractivity contribution < 1.29 is 83.7 Å². The number of benzene rings is 1. The number of nitrogens with zero attached hydrogens (tertiary/aromatic N) is 2. The molecule has 0 atom stereocenters. The van der Waals surface area contributed by atoms with E-state index in [4.69, 9.17) is 9.47 Å². The predicted molar refractivity (Wildman–Crippen MR) is 157 cm³/mol. The van der Waals surface area contributed by atoms with Gasteiger partial charge in [-0.1, -0.05) is 33.8 Å². The average molecular weight is 631 g/mol. The monoisotopic (exact) mass is 630 g/mol. The van der Waals surface area contributed by atoms with Crippen LogP contribution in [0.15, 0.2) is 53.0 Å². The summed E-state index contributed by atoms with van der Waals surface area (Å²) in [5.41, 5.74) is 2.41. The zero-order valence-corrected chi connectivity index (χ0v) is 29.9. The van der Waals surface area contributed by atoms with Crippen LogP contribution in [0, 0.1) is 17.8 Å². The summed E-state index contributed by atoms with van der Waals surface area (Å²) in [6.45, 7) is 9.79. The summed E-state index contributed by atoms with van der Waals surface area (Å²) in [5, 5.41) is 0. The van der Waals surface area contributed by atoms with Crippen molar-refractivity contribution in [1.82, 2.24) is 4.98 Å². The first-order chi connectivity index (χ1) is 19.5. The van der Waals surface area contributed by atoms with Gasteiger partial charge in [0.2, 0.25) is 0 Å². The third kappa shape index (κ3) is 6.92. The predicted octanol–water partition coefficient (Wildman–Crippen LogP) is 2.94. The van der Waals surface area contributed by atoms with Crippen LogP contribution in [0.2, 0.25) is 0 Å². The van der Waals surface area contributed by atoms with Gasteiger partial charge in [0.15, 0.2) is 11.6 Å². The molecule has 0 bridgehead atoms. The van der Waals surface area contributed by atoms with Crippen molar-refractivity contribution >= 4 is 27.5 Å². The summed E-state index contributed by atoms with van der Waals surface area (Å²) >= 11 is 0. The van der Waals surface area contributed by atoms with Gasteiger partial charge in [0.25, 0.3) is 0 Å². The number of aromatic nitrogens is 1. The zero-order valence-electron chi connectivity index (χ0n) is 26.0. The molecular formula is C32H35KN2O7S. The molecule has 0 fully saturated rings. The van der Waals surface area contributed by atoms with Crippen molar-refractivity contribution in [2.75, 3.05) is 13.4 Å². The molecule has 43 heavy (non-hydrogen) atoms. The minimum Gasteiger partial charge on any atom is -0.541 e. The van der Waals surface area contributed by atoms with Crippen LogP contribution >= 0.6 is 0 Å². The molecule has 0 unspecified atom stereocenters. The molecule has 9 nitrogen and oxygen atoms in total. The topological polar surface area (TPSA) is 131 Å². The number of amides is 1. The Morgan fingerprint density at radius 2 is 1.51 bits per heavy atom. The summed E-state index contributed by atoms with van der Waals surface area (Å²) in [6, 6.07) is 8.73. The van der Waals surface area contributed by atoms with Crippen LogP contribution in [-0.2, 0) is 24.3 Å². The van der Waals surface area contributed by atoms with Crippen LogP contribution in [0.3, 0.4) is 0 Å². The van der Waals surface area contributed by atoms with Crippen molar-refractivity contribution in [3.63, 3.8) is 0 Å². The molecule has 2 aliphatic carbocycles. The Morgan fingerprint density at radius 3 is 2.02 bits per heavy atom. The second-order valence-corrected chi connectivity index (χ2v) is 14.7. The number of rotatable bonds is 5. The Hall–Kier alpha value is -2.15.